The van der Waals surface area contributed by atoms with Crippen LogP contribution in [-0.2, 0) is 11.7 Å². The molecule has 2 unspecified atom stereocenters. The van der Waals surface area contributed by atoms with Crippen LogP contribution in [0, 0.1) is 6.92 Å². The van der Waals surface area contributed by atoms with Crippen LogP contribution >= 0.6 is 10.9 Å². The van der Waals surface area contributed by atoms with Crippen molar-refractivity contribution in [3.05, 3.63) is 58.7 Å². The fourth-order valence-corrected chi connectivity index (χ4v) is 3.94. The quantitative estimate of drug-likeness (QED) is 0.564. The van der Waals surface area contributed by atoms with Gasteiger partial charge in [-0.05, 0) is 53.3 Å². The predicted molar refractivity (Wildman–Crippen MR) is 78.9 cm³/mol. The first-order chi connectivity index (χ1) is 10.3. The van der Waals surface area contributed by atoms with Gasteiger partial charge in [-0.3, -0.25) is 0 Å². The van der Waals surface area contributed by atoms with Crippen LogP contribution in [-0.4, -0.2) is 6.18 Å². The minimum atomic E-state index is -4.67. The van der Waals surface area contributed by atoms with E-state index in [1.807, 2.05) is 0 Å². The predicted octanol–water partition coefficient (Wildman–Crippen LogP) is 5.05. The van der Waals surface area contributed by atoms with Gasteiger partial charge >= 0.3 is 12.4 Å². The van der Waals surface area contributed by atoms with Crippen molar-refractivity contribution >= 4 is 10.9 Å². The molecule has 0 aliphatic carbocycles. The zero-order chi connectivity index (χ0) is 17.6. The molecule has 1 heterocycles. The maximum Gasteiger partial charge on any atom is 0.416 e. The molecule has 2 rings (SSSR count). The lowest BCUT2D eigenvalue weighted by atomic mass is 9.91. The Labute approximate surface area is 132 Å². The Morgan fingerprint density at radius 1 is 1.00 bits per heavy atom. The summed E-state index contributed by atoms with van der Waals surface area (Å²) >= 11 is 0. The van der Waals surface area contributed by atoms with Crippen LogP contribution in [0.3, 0.4) is 0 Å². The van der Waals surface area contributed by atoms with Crippen LogP contribution in [0.4, 0.5) is 26.3 Å². The number of hydrogen-bond donors (Lipinski definition) is 2. The summed E-state index contributed by atoms with van der Waals surface area (Å²) < 4.78 is 77.5. The second-order valence-corrected chi connectivity index (χ2v) is 7.34. The van der Waals surface area contributed by atoms with Crippen molar-refractivity contribution in [3.63, 3.8) is 0 Å². The fourth-order valence-electron chi connectivity index (χ4n) is 2.15. The third-order valence-corrected chi connectivity index (χ3v) is 5.14. The number of nitrogens with two attached hydrogens (primary N) is 1. The van der Waals surface area contributed by atoms with Crippen molar-refractivity contribution in [1.29, 1.82) is 0 Å². The topological polar surface area (TPSA) is 26.0 Å². The van der Waals surface area contributed by atoms with Crippen molar-refractivity contribution in [2.24, 2.45) is 5.73 Å². The van der Waals surface area contributed by atoms with Crippen LogP contribution in [0.5, 0.6) is 0 Å². The molecule has 1 aliphatic heterocycles. The molecule has 0 fully saturated rings. The molecular formula is C15H14F6NS. The lowest BCUT2D eigenvalue weighted by Crippen LogP contribution is -2.32. The molecule has 23 heavy (non-hydrogen) atoms. The molecule has 0 amide bonds. The lowest BCUT2D eigenvalue weighted by Gasteiger charge is -2.25. The van der Waals surface area contributed by atoms with Crippen LogP contribution in [0.25, 0.3) is 0 Å². The average Bonchev–Trinajstić information content (AvgIpc) is 2.85. The summed E-state index contributed by atoms with van der Waals surface area (Å²) in [6.45, 7) is 4.83. The Kier molecular flexibility index (Phi) is 4.36. The monoisotopic (exact) mass is 354 g/mol. The molecule has 1 aromatic carbocycles. The maximum absolute atomic E-state index is 13.2. The van der Waals surface area contributed by atoms with E-state index in [-0.39, 0.29) is 10.5 Å². The molecule has 127 valence electrons. The Morgan fingerprint density at radius 2 is 1.61 bits per heavy atom. The molecule has 0 spiro atoms. The highest BCUT2D eigenvalue weighted by Gasteiger charge is 2.38. The Balaban J connectivity index is 2.48. The molecule has 2 N–H and O–H groups in total. The highest BCUT2D eigenvalue weighted by molar-refractivity contribution is 8.22. The summed E-state index contributed by atoms with van der Waals surface area (Å²) in [6, 6.07) is 3.41. The van der Waals surface area contributed by atoms with Crippen LogP contribution in [0.15, 0.2) is 45.6 Å². The van der Waals surface area contributed by atoms with Crippen molar-refractivity contribution in [2.45, 2.75) is 29.7 Å². The first-order valence-electron chi connectivity index (χ1n) is 6.41. The van der Waals surface area contributed by atoms with Gasteiger partial charge in [-0.2, -0.15) is 37.2 Å². The van der Waals surface area contributed by atoms with Crippen LogP contribution in [0.1, 0.15) is 18.1 Å². The Morgan fingerprint density at radius 3 is 2.04 bits per heavy atom. The Hall–Kier alpha value is -1.41. The van der Waals surface area contributed by atoms with Gasteiger partial charge in [0.1, 0.15) is 0 Å². The van der Waals surface area contributed by atoms with Crippen LogP contribution in [0.2, 0.25) is 0 Å². The van der Waals surface area contributed by atoms with Crippen molar-refractivity contribution in [3.8, 4) is 0 Å². The number of hydrogen-bond acceptors (Lipinski definition) is 1. The van der Waals surface area contributed by atoms with Gasteiger partial charge in [-0.1, -0.05) is 6.07 Å². The van der Waals surface area contributed by atoms with Gasteiger partial charge in [0.2, 0.25) is 0 Å². The SMILES string of the molecule is [CH2]C(C)(N)c1ccc([SH]2C=CC(C(F)(F)F)=C2)cc1C(F)(F)F. The number of thiol groups is 1. The number of benzene rings is 1. The third kappa shape index (κ3) is 3.92. The molecule has 0 saturated heterocycles. The summed E-state index contributed by atoms with van der Waals surface area (Å²) in [5.74, 6) is 0. The second-order valence-electron chi connectivity index (χ2n) is 5.45. The molecule has 2 atom stereocenters. The van der Waals surface area contributed by atoms with Gasteiger partial charge in [-0.15, -0.1) is 0 Å². The molecular weight excluding hydrogens is 340 g/mol. The summed E-state index contributed by atoms with van der Waals surface area (Å²) in [4.78, 5) is 0.177. The van der Waals surface area contributed by atoms with Crippen molar-refractivity contribution in [1.82, 2.24) is 0 Å². The first-order valence-corrected chi connectivity index (χ1v) is 7.89. The zero-order valence-corrected chi connectivity index (χ0v) is 12.9. The van der Waals surface area contributed by atoms with E-state index in [0.717, 1.165) is 17.6 Å². The number of allylic oxidation sites excluding steroid dienone is 2. The summed E-state index contributed by atoms with van der Waals surface area (Å²) in [7, 11) is -1.58. The molecule has 1 nitrogen and oxygen atoms in total. The highest BCUT2D eigenvalue weighted by Crippen LogP contribution is 2.49. The lowest BCUT2D eigenvalue weighted by molar-refractivity contribution is -0.138. The van der Waals surface area contributed by atoms with Gasteiger partial charge in [0, 0.05) is 5.54 Å². The van der Waals surface area contributed by atoms with Gasteiger partial charge < -0.3 is 5.73 Å². The normalized spacial score (nSPS) is 20.7. The molecule has 1 aliphatic rings. The second kappa shape index (κ2) is 5.59. The standard InChI is InChI=1S/C15H14F6NS/c1-13(2,22)11-4-3-10(7-12(11)15(19,20)21)23-6-5-9(8-23)14(16,17)18/h3-8,23H,1,22H2,2H3. The minimum Gasteiger partial charge on any atom is -0.322 e. The van der Waals surface area contributed by atoms with Crippen LogP contribution < -0.4 is 5.73 Å². The van der Waals surface area contributed by atoms with E-state index in [1.165, 1.54) is 24.5 Å². The smallest absolute Gasteiger partial charge is 0.322 e. The van der Waals surface area contributed by atoms with E-state index in [1.54, 1.807) is 0 Å². The zero-order valence-electron chi connectivity index (χ0n) is 12.0. The number of halogens is 6. The van der Waals surface area contributed by atoms with E-state index >= 15 is 0 Å². The number of rotatable bonds is 2. The van der Waals surface area contributed by atoms with Gasteiger partial charge in [0.05, 0.1) is 11.1 Å². The minimum absolute atomic E-state index is 0.177. The fraction of sp³-hybridized carbons (Fsp3) is 0.267. The molecule has 1 radical (unpaired) electrons. The highest BCUT2D eigenvalue weighted by atomic mass is 32.2. The summed E-state index contributed by atoms with van der Waals surface area (Å²) in [6.07, 6.45) is -8.29. The van der Waals surface area contributed by atoms with E-state index in [2.05, 4.69) is 6.92 Å². The molecule has 0 saturated carbocycles. The van der Waals surface area contributed by atoms with E-state index in [0.29, 0.717) is 0 Å². The van der Waals surface area contributed by atoms with Crippen molar-refractivity contribution < 1.29 is 26.3 Å². The molecule has 0 aromatic heterocycles. The summed E-state index contributed by atoms with van der Waals surface area (Å²) in [5.41, 5.74) is 2.17. The van der Waals surface area contributed by atoms with E-state index < -0.39 is 39.9 Å². The largest absolute Gasteiger partial charge is 0.416 e. The molecule has 1 aromatic rings. The third-order valence-electron chi connectivity index (χ3n) is 3.24. The van der Waals surface area contributed by atoms with E-state index in [9.17, 15) is 26.3 Å². The molecule has 0 bridgehead atoms. The first kappa shape index (κ1) is 17.9. The Bertz CT molecular complexity index is 664. The maximum atomic E-state index is 13.2. The van der Waals surface area contributed by atoms with Gasteiger partial charge in [0.15, 0.2) is 0 Å². The number of alkyl halides is 6. The van der Waals surface area contributed by atoms with E-state index in [4.69, 9.17) is 5.73 Å². The summed E-state index contributed by atoms with van der Waals surface area (Å²) in [5, 5.41) is 2.23. The van der Waals surface area contributed by atoms with Crippen molar-refractivity contribution in [2.75, 3.05) is 0 Å². The van der Waals surface area contributed by atoms with Gasteiger partial charge in [-0.25, -0.2) is 0 Å². The van der Waals surface area contributed by atoms with Gasteiger partial charge in [0.25, 0.3) is 0 Å². The average molecular weight is 354 g/mol. The molecule has 8 heteroatoms.